The first-order chi connectivity index (χ1) is 8.56. The molecule has 2 aromatic rings. The first-order valence-electron chi connectivity index (χ1n) is 5.51. The molecule has 18 heavy (non-hydrogen) atoms. The lowest BCUT2D eigenvalue weighted by molar-refractivity contribution is 0.615. The highest BCUT2D eigenvalue weighted by atomic mass is 79.9. The fourth-order valence-corrected chi connectivity index (χ4v) is 2.18. The molecule has 1 unspecified atom stereocenters. The van der Waals surface area contributed by atoms with E-state index in [0.717, 1.165) is 11.1 Å². The molecule has 2 rings (SSSR count). The molecule has 94 valence electrons. The summed E-state index contributed by atoms with van der Waals surface area (Å²) >= 11 is 3.12. The minimum absolute atomic E-state index is 0.278. The highest BCUT2D eigenvalue weighted by Gasteiger charge is 2.09. The Labute approximate surface area is 113 Å². The lowest BCUT2D eigenvalue weighted by Crippen LogP contribution is -2.13. The molecule has 0 aliphatic carbocycles. The summed E-state index contributed by atoms with van der Waals surface area (Å²) in [5.74, 6) is -0.600. The van der Waals surface area contributed by atoms with E-state index in [-0.39, 0.29) is 17.7 Å². The third-order valence-corrected chi connectivity index (χ3v) is 3.32. The van der Waals surface area contributed by atoms with Crippen LogP contribution in [-0.2, 0) is 6.42 Å². The number of benzene rings is 2. The molecule has 0 aliphatic rings. The smallest absolute Gasteiger partial charge is 0.137 e. The predicted octanol–water partition coefficient (Wildman–Crippen LogP) is 3.97. The summed E-state index contributed by atoms with van der Waals surface area (Å²) in [5, 5.41) is 0. The molecule has 0 fully saturated rings. The van der Waals surface area contributed by atoms with Crippen molar-refractivity contribution in [3.05, 3.63) is 69.7 Å². The van der Waals surface area contributed by atoms with Crippen molar-refractivity contribution in [1.82, 2.24) is 0 Å². The maximum absolute atomic E-state index is 13.1. The molecule has 0 heterocycles. The number of halogens is 3. The Balaban J connectivity index is 2.16. The Morgan fingerprint density at radius 2 is 1.89 bits per heavy atom. The van der Waals surface area contributed by atoms with E-state index in [4.69, 9.17) is 5.73 Å². The molecule has 0 spiro atoms. The average molecular weight is 312 g/mol. The molecule has 2 N–H and O–H groups in total. The van der Waals surface area contributed by atoms with Crippen molar-refractivity contribution in [3.8, 4) is 0 Å². The minimum Gasteiger partial charge on any atom is -0.324 e. The third-order valence-electron chi connectivity index (χ3n) is 2.72. The van der Waals surface area contributed by atoms with Crippen molar-refractivity contribution in [2.75, 3.05) is 0 Å². The molecule has 0 bridgehead atoms. The van der Waals surface area contributed by atoms with Crippen LogP contribution in [-0.4, -0.2) is 0 Å². The van der Waals surface area contributed by atoms with E-state index in [2.05, 4.69) is 15.9 Å². The Morgan fingerprint density at radius 1 is 1.11 bits per heavy atom. The zero-order chi connectivity index (χ0) is 13.1. The lowest BCUT2D eigenvalue weighted by Gasteiger charge is -2.13. The van der Waals surface area contributed by atoms with Crippen molar-refractivity contribution in [2.24, 2.45) is 5.73 Å². The molecule has 0 aromatic heterocycles. The average Bonchev–Trinajstić information content (AvgIpc) is 2.32. The second kappa shape index (κ2) is 5.59. The van der Waals surface area contributed by atoms with Crippen molar-refractivity contribution in [1.29, 1.82) is 0 Å². The summed E-state index contributed by atoms with van der Waals surface area (Å²) in [6, 6.07) is 10.7. The van der Waals surface area contributed by atoms with Crippen LogP contribution in [0.3, 0.4) is 0 Å². The van der Waals surface area contributed by atoms with Crippen molar-refractivity contribution >= 4 is 15.9 Å². The van der Waals surface area contributed by atoms with Crippen LogP contribution >= 0.6 is 15.9 Å². The predicted molar refractivity (Wildman–Crippen MR) is 71.1 cm³/mol. The van der Waals surface area contributed by atoms with Gasteiger partial charge in [0.15, 0.2) is 0 Å². The summed E-state index contributed by atoms with van der Waals surface area (Å²) in [5.41, 5.74) is 7.67. The summed E-state index contributed by atoms with van der Waals surface area (Å²) in [4.78, 5) is 0. The largest absolute Gasteiger partial charge is 0.324 e. The third kappa shape index (κ3) is 3.15. The van der Waals surface area contributed by atoms with Crippen molar-refractivity contribution in [3.63, 3.8) is 0 Å². The van der Waals surface area contributed by atoms with Gasteiger partial charge in [-0.1, -0.05) is 18.2 Å². The monoisotopic (exact) mass is 311 g/mol. The molecule has 0 saturated heterocycles. The van der Waals surface area contributed by atoms with Gasteiger partial charge in [-0.25, -0.2) is 8.78 Å². The molecule has 4 heteroatoms. The standard InChI is InChI=1S/C14H12BrF2N/c15-12-8-10(4-5-13(12)17)14(18)7-9-2-1-3-11(16)6-9/h1-6,8,14H,7,18H2. The molecular weight excluding hydrogens is 300 g/mol. The van der Waals surface area contributed by atoms with E-state index in [0.29, 0.717) is 10.9 Å². The molecule has 1 atom stereocenters. The number of hydrogen-bond donors (Lipinski definition) is 1. The zero-order valence-corrected chi connectivity index (χ0v) is 11.1. The van der Waals surface area contributed by atoms with Crippen LogP contribution in [0.5, 0.6) is 0 Å². The quantitative estimate of drug-likeness (QED) is 0.912. The van der Waals surface area contributed by atoms with Crippen LogP contribution in [0.15, 0.2) is 46.9 Å². The lowest BCUT2D eigenvalue weighted by atomic mass is 10.00. The van der Waals surface area contributed by atoms with Crippen LogP contribution in [0, 0.1) is 11.6 Å². The molecule has 0 aliphatic heterocycles. The van der Waals surface area contributed by atoms with E-state index in [9.17, 15) is 8.78 Å². The van der Waals surface area contributed by atoms with Gasteiger partial charge in [-0.2, -0.15) is 0 Å². The van der Waals surface area contributed by atoms with E-state index in [1.54, 1.807) is 18.2 Å². The van der Waals surface area contributed by atoms with Gasteiger partial charge in [-0.05, 0) is 57.7 Å². The van der Waals surface area contributed by atoms with Gasteiger partial charge in [0.25, 0.3) is 0 Å². The Morgan fingerprint density at radius 3 is 2.56 bits per heavy atom. The molecule has 0 saturated carbocycles. The van der Waals surface area contributed by atoms with Crippen LogP contribution in [0.1, 0.15) is 17.2 Å². The van der Waals surface area contributed by atoms with Crippen molar-refractivity contribution < 1.29 is 8.78 Å². The number of nitrogens with two attached hydrogens (primary N) is 1. The highest BCUT2D eigenvalue weighted by Crippen LogP contribution is 2.22. The van der Waals surface area contributed by atoms with Gasteiger partial charge in [-0.3, -0.25) is 0 Å². The summed E-state index contributed by atoms with van der Waals surface area (Å²) < 4.78 is 26.5. The van der Waals surface area contributed by atoms with E-state index in [1.807, 2.05) is 6.07 Å². The summed E-state index contributed by atoms with van der Waals surface area (Å²) in [6.07, 6.45) is 0.510. The second-order valence-electron chi connectivity index (χ2n) is 4.11. The van der Waals surface area contributed by atoms with Gasteiger partial charge in [-0.15, -0.1) is 0 Å². The zero-order valence-electron chi connectivity index (χ0n) is 9.54. The van der Waals surface area contributed by atoms with E-state index in [1.165, 1.54) is 18.2 Å². The van der Waals surface area contributed by atoms with Gasteiger partial charge >= 0.3 is 0 Å². The highest BCUT2D eigenvalue weighted by molar-refractivity contribution is 9.10. The van der Waals surface area contributed by atoms with Gasteiger partial charge < -0.3 is 5.73 Å². The fourth-order valence-electron chi connectivity index (χ4n) is 1.78. The molecule has 1 nitrogen and oxygen atoms in total. The number of rotatable bonds is 3. The normalized spacial score (nSPS) is 12.4. The van der Waals surface area contributed by atoms with Crippen molar-refractivity contribution in [2.45, 2.75) is 12.5 Å². The van der Waals surface area contributed by atoms with Gasteiger partial charge in [0.1, 0.15) is 11.6 Å². The SMILES string of the molecule is NC(Cc1cccc(F)c1)c1ccc(F)c(Br)c1. The maximum Gasteiger partial charge on any atom is 0.137 e. The van der Waals surface area contributed by atoms with E-state index < -0.39 is 0 Å². The van der Waals surface area contributed by atoms with E-state index >= 15 is 0 Å². The topological polar surface area (TPSA) is 26.0 Å². The molecule has 2 aromatic carbocycles. The van der Waals surface area contributed by atoms with Crippen LogP contribution in [0.4, 0.5) is 8.78 Å². The fraction of sp³-hybridized carbons (Fsp3) is 0.143. The summed E-state index contributed by atoms with van der Waals surface area (Å²) in [7, 11) is 0. The second-order valence-corrected chi connectivity index (χ2v) is 4.97. The Hall–Kier alpha value is -1.26. The van der Waals surface area contributed by atoms with Crippen LogP contribution in [0.2, 0.25) is 0 Å². The first kappa shape index (κ1) is 13.2. The molecule has 0 radical (unpaired) electrons. The minimum atomic E-state index is -0.322. The van der Waals surface area contributed by atoms with Gasteiger partial charge in [0, 0.05) is 6.04 Å². The number of hydrogen-bond acceptors (Lipinski definition) is 1. The maximum atomic E-state index is 13.1. The Bertz CT molecular complexity index is 557. The Kier molecular flexibility index (Phi) is 4.09. The molecular formula is C14H12BrF2N. The van der Waals surface area contributed by atoms with Gasteiger partial charge in [0.05, 0.1) is 4.47 Å². The van der Waals surface area contributed by atoms with Crippen LogP contribution < -0.4 is 5.73 Å². The van der Waals surface area contributed by atoms with Crippen LogP contribution in [0.25, 0.3) is 0 Å². The first-order valence-corrected chi connectivity index (χ1v) is 6.30. The molecule has 0 amide bonds. The van der Waals surface area contributed by atoms with Gasteiger partial charge in [0.2, 0.25) is 0 Å². The summed E-state index contributed by atoms with van der Waals surface area (Å²) in [6.45, 7) is 0.